The normalized spacial score (nSPS) is 11.3. The Kier molecular flexibility index (Phi) is 7.45. The average Bonchev–Trinajstić information content (AvgIpc) is 2.64. The Balaban J connectivity index is 2.22. The van der Waals surface area contributed by atoms with Crippen LogP contribution in [0.4, 0.5) is 0 Å². The van der Waals surface area contributed by atoms with Crippen LogP contribution in [0.25, 0.3) is 0 Å². The Labute approximate surface area is 167 Å². The summed E-state index contributed by atoms with van der Waals surface area (Å²) in [5.41, 5.74) is 1.40. The van der Waals surface area contributed by atoms with Gasteiger partial charge in [-0.3, -0.25) is 4.79 Å². The summed E-state index contributed by atoms with van der Waals surface area (Å²) in [6, 6.07) is 13.9. The number of hydrogen-bond acceptors (Lipinski definition) is 5. The monoisotopic (exact) mass is 405 g/mol. The van der Waals surface area contributed by atoms with Crippen molar-refractivity contribution in [2.45, 2.75) is 26.8 Å². The maximum atomic E-state index is 13.1. The van der Waals surface area contributed by atoms with Crippen LogP contribution < -0.4 is 8.92 Å². The standard InChI is InChI=1S/C21H27NO5S/c1-16(2)13-14-22(21(23)19-7-5-6-8-20(19)26-3)15-17-9-11-18(12-10-17)27-28(4,24)25/h5-12,16H,13-15H2,1-4H3. The van der Waals surface area contributed by atoms with E-state index in [-0.39, 0.29) is 11.7 Å². The zero-order valence-electron chi connectivity index (χ0n) is 16.7. The van der Waals surface area contributed by atoms with Crippen molar-refractivity contribution in [3.8, 4) is 11.5 Å². The molecule has 6 nitrogen and oxygen atoms in total. The highest BCUT2D eigenvalue weighted by Crippen LogP contribution is 2.22. The molecule has 0 unspecified atom stereocenters. The molecule has 2 aromatic carbocycles. The van der Waals surface area contributed by atoms with Crippen LogP contribution in [-0.4, -0.2) is 39.1 Å². The predicted molar refractivity (Wildman–Crippen MR) is 109 cm³/mol. The van der Waals surface area contributed by atoms with Crippen molar-refractivity contribution in [3.63, 3.8) is 0 Å². The van der Waals surface area contributed by atoms with Crippen molar-refractivity contribution in [1.82, 2.24) is 4.90 Å². The van der Waals surface area contributed by atoms with Gasteiger partial charge in [0.05, 0.1) is 18.9 Å². The van der Waals surface area contributed by atoms with Crippen molar-refractivity contribution < 1.29 is 22.1 Å². The zero-order valence-corrected chi connectivity index (χ0v) is 17.5. The van der Waals surface area contributed by atoms with Crippen LogP contribution in [-0.2, 0) is 16.7 Å². The smallest absolute Gasteiger partial charge is 0.306 e. The van der Waals surface area contributed by atoms with E-state index < -0.39 is 10.1 Å². The Bertz CT molecular complexity index is 891. The van der Waals surface area contributed by atoms with E-state index in [2.05, 4.69) is 13.8 Å². The fourth-order valence-corrected chi connectivity index (χ4v) is 3.16. The Morgan fingerprint density at radius 2 is 1.71 bits per heavy atom. The molecule has 2 aromatic rings. The van der Waals surface area contributed by atoms with E-state index in [0.29, 0.717) is 30.3 Å². The molecular formula is C21H27NO5S. The van der Waals surface area contributed by atoms with Crippen molar-refractivity contribution in [2.24, 2.45) is 5.92 Å². The van der Waals surface area contributed by atoms with Crippen LogP contribution in [0, 0.1) is 5.92 Å². The van der Waals surface area contributed by atoms with Gasteiger partial charge in [0.25, 0.3) is 5.91 Å². The van der Waals surface area contributed by atoms with E-state index in [1.54, 1.807) is 48.4 Å². The third kappa shape index (κ3) is 6.56. The van der Waals surface area contributed by atoms with Crippen molar-refractivity contribution in [3.05, 3.63) is 59.7 Å². The molecule has 0 fully saturated rings. The SMILES string of the molecule is COc1ccccc1C(=O)N(CCC(C)C)Cc1ccc(OS(C)(=O)=O)cc1. The largest absolute Gasteiger partial charge is 0.496 e. The summed E-state index contributed by atoms with van der Waals surface area (Å²) >= 11 is 0. The molecule has 0 atom stereocenters. The van der Waals surface area contributed by atoms with E-state index in [1.165, 1.54) is 0 Å². The Morgan fingerprint density at radius 1 is 1.07 bits per heavy atom. The number of para-hydroxylation sites is 1. The molecule has 0 aliphatic carbocycles. The van der Waals surface area contributed by atoms with Crippen LogP contribution in [0.1, 0.15) is 36.2 Å². The van der Waals surface area contributed by atoms with Gasteiger partial charge in [-0.2, -0.15) is 8.42 Å². The van der Waals surface area contributed by atoms with Crippen molar-refractivity contribution >= 4 is 16.0 Å². The number of amides is 1. The molecule has 7 heteroatoms. The Hall–Kier alpha value is -2.54. The first kappa shape index (κ1) is 21.8. The highest BCUT2D eigenvalue weighted by molar-refractivity contribution is 7.86. The fraction of sp³-hybridized carbons (Fsp3) is 0.381. The lowest BCUT2D eigenvalue weighted by atomic mass is 10.1. The summed E-state index contributed by atoms with van der Waals surface area (Å²) in [4.78, 5) is 14.9. The van der Waals surface area contributed by atoms with Gasteiger partial charge in [-0.05, 0) is 42.2 Å². The minimum Gasteiger partial charge on any atom is -0.496 e. The summed E-state index contributed by atoms with van der Waals surface area (Å²) in [5.74, 6) is 1.14. The number of carbonyl (C=O) groups excluding carboxylic acids is 1. The molecule has 1 amide bonds. The molecule has 0 aromatic heterocycles. The van der Waals surface area contributed by atoms with Gasteiger partial charge in [0.2, 0.25) is 0 Å². The van der Waals surface area contributed by atoms with Gasteiger partial charge in [0.1, 0.15) is 11.5 Å². The number of hydrogen-bond donors (Lipinski definition) is 0. The molecule has 0 N–H and O–H groups in total. The van der Waals surface area contributed by atoms with Gasteiger partial charge in [-0.25, -0.2) is 0 Å². The molecule has 0 bridgehead atoms. The van der Waals surface area contributed by atoms with E-state index in [4.69, 9.17) is 8.92 Å². The molecular weight excluding hydrogens is 378 g/mol. The molecule has 0 spiro atoms. The second kappa shape index (κ2) is 9.59. The number of rotatable bonds is 9. The molecule has 0 saturated heterocycles. The maximum absolute atomic E-state index is 13.1. The Morgan fingerprint density at radius 3 is 2.29 bits per heavy atom. The van der Waals surface area contributed by atoms with Crippen LogP contribution in [0.5, 0.6) is 11.5 Å². The average molecular weight is 406 g/mol. The predicted octanol–water partition coefficient (Wildman–Crippen LogP) is 3.72. The van der Waals surface area contributed by atoms with Gasteiger partial charge in [0.15, 0.2) is 0 Å². The third-order valence-corrected chi connectivity index (χ3v) is 4.64. The van der Waals surface area contributed by atoms with Crippen LogP contribution in [0.3, 0.4) is 0 Å². The number of methoxy groups -OCH3 is 1. The maximum Gasteiger partial charge on any atom is 0.306 e. The molecule has 0 saturated carbocycles. The second-order valence-electron chi connectivity index (χ2n) is 7.04. The first-order chi connectivity index (χ1) is 13.2. The van der Waals surface area contributed by atoms with E-state index in [1.807, 2.05) is 12.1 Å². The second-order valence-corrected chi connectivity index (χ2v) is 8.62. The fourth-order valence-electron chi connectivity index (χ4n) is 2.70. The van der Waals surface area contributed by atoms with Gasteiger partial charge in [0, 0.05) is 13.1 Å². The lowest BCUT2D eigenvalue weighted by molar-refractivity contribution is 0.0732. The van der Waals surface area contributed by atoms with Gasteiger partial charge < -0.3 is 13.8 Å². The zero-order chi connectivity index (χ0) is 20.7. The van der Waals surface area contributed by atoms with E-state index in [0.717, 1.165) is 18.2 Å². The summed E-state index contributed by atoms with van der Waals surface area (Å²) in [6.07, 6.45) is 1.87. The third-order valence-electron chi connectivity index (χ3n) is 4.15. The number of carbonyl (C=O) groups is 1. The summed E-state index contributed by atoms with van der Waals surface area (Å²) in [5, 5.41) is 0. The molecule has 0 heterocycles. The van der Waals surface area contributed by atoms with E-state index >= 15 is 0 Å². The number of nitrogens with zero attached hydrogens (tertiary/aromatic N) is 1. The highest BCUT2D eigenvalue weighted by Gasteiger charge is 2.20. The topological polar surface area (TPSA) is 72.9 Å². The number of ether oxygens (including phenoxy) is 1. The first-order valence-electron chi connectivity index (χ1n) is 9.10. The molecule has 152 valence electrons. The lowest BCUT2D eigenvalue weighted by Crippen LogP contribution is -2.32. The lowest BCUT2D eigenvalue weighted by Gasteiger charge is -2.25. The van der Waals surface area contributed by atoms with E-state index in [9.17, 15) is 13.2 Å². The van der Waals surface area contributed by atoms with Crippen LogP contribution in [0.15, 0.2) is 48.5 Å². The van der Waals surface area contributed by atoms with Gasteiger partial charge >= 0.3 is 10.1 Å². The highest BCUT2D eigenvalue weighted by atomic mass is 32.2. The van der Waals surface area contributed by atoms with Crippen molar-refractivity contribution in [1.29, 1.82) is 0 Å². The minimum absolute atomic E-state index is 0.102. The van der Waals surface area contributed by atoms with Crippen LogP contribution >= 0.6 is 0 Å². The number of benzene rings is 2. The molecule has 2 rings (SSSR count). The molecule has 28 heavy (non-hydrogen) atoms. The minimum atomic E-state index is -3.57. The summed E-state index contributed by atoms with van der Waals surface area (Å²) < 4.78 is 32.7. The van der Waals surface area contributed by atoms with Crippen LogP contribution in [0.2, 0.25) is 0 Å². The molecule has 0 radical (unpaired) electrons. The molecule has 0 aliphatic rings. The molecule has 0 aliphatic heterocycles. The van der Waals surface area contributed by atoms with Gasteiger partial charge in [-0.15, -0.1) is 0 Å². The quantitative estimate of drug-likeness (QED) is 0.595. The summed E-state index contributed by atoms with van der Waals surface area (Å²) in [6.45, 7) is 5.24. The summed E-state index contributed by atoms with van der Waals surface area (Å²) in [7, 11) is -2.02. The first-order valence-corrected chi connectivity index (χ1v) is 10.9. The van der Waals surface area contributed by atoms with Crippen molar-refractivity contribution in [2.75, 3.05) is 19.9 Å². The van der Waals surface area contributed by atoms with Gasteiger partial charge in [-0.1, -0.05) is 38.1 Å².